The number of aromatic nitrogens is 1. The van der Waals surface area contributed by atoms with E-state index in [1.165, 1.54) is 16.7 Å². The Balaban J connectivity index is 2.64. The molecule has 4 N–H and O–H groups in total. The van der Waals surface area contributed by atoms with Gasteiger partial charge in [0.15, 0.2) is 11.8 Å². The van der Waals surface area contributed by atoms with Crippen molar-refractivity contribution in [2.24, 2.45) is 0 Å². The maximum absolute atomic E-state index is 9.55. The standard InChI is InChI=1S/C11H12N2O2/c1-7-6-8(12)2-3-9(7)13-10(14)4-5-11(13)15/h2-6,14-15H,12H2,1H3. The van der Waals surface area contributed by atoms with Gasteiger partial charge in [-0.25, -0.2) is 0 Å². The zero-order chi connectivity index (χ0) is 11.0. The Bertz CT molecular complexity index is 484. The van der Waals surface area contributed by atoms with Gasteiger partial charge in [0.25, 0.3) is 0 Å². The number of aromatic hydroxyl groups is 2. The lowest BCUT2D eigenvalue weighted by Gasteiger charge is -2.10. The number of hydrogen-bond acceptors (Lipinski definition) is 3. The first-order valence-electron chi connectivity index (χ1n) is 4.56. The number of nitrogens with zero attached hydrogens (tertiary/aromatic N) is 1. The molecule has 0 saturated carbocycles. The predicted molar refractivity (Wildman–Crippen MR) is 58.2 cm³/mol. The van der Waals surface area contributed by atoms with E-state index in [0.717, 1.165) is 5.56 Å². The maximum Gasteiger partial charge on any atom is 0.198 e. The van der Waals surface area contributed by atoms with Crippen LogP contribution in [0.2, 0.25) is 0 Å². The number of hydrogen-bond donors (Lipinski definition) is 3. The number of anilines is 1. The molecule has 0 atom stereocenters. The van der Waals surface area contributed by atoms with E-state index in [4.69, 9.17) is 5.73 Å². The lowest BCUT2D eigenvalue weighted by molar-refractivity contribution is 0.402. The lowest BCUT2D eigenvalue weighted by atomic mass is 10.2. The third-order valence-electron chi connectivity index (χ3n) is 2.30. The van der Waals surface area contributed by atoms with Crippen LogP contribution in [0.3, 0.4) is 0 Å². The Labute approximate surface area is 87.2 Å². The normalized spacial score (nSPS) is 10.5. The molecule has 0 radical (unpaired) electrons. The summed E-state index contributed by atoms with van der Waals surface area (Å²) < 4.78 is 1.36. The van der Waals surface area contributed by atoms with Gasteiger partial charge in [-0.1, -0.05) is 0 Å². The van der Waals surface area contributed by atoms with Gasteiger partial charge >= 0.3 is 0 Å². The van der Waals surface area contributed by atoms with Crippen molar-refractivity contribution in [3.05, 3.63) is 35.9 Å². The molecule has 1 aromatic heterocycles. The Morgan fingerprint density at radius 1 is 1.07 bits per heavy atom. The van der Waals surface area contributed by atoms with Gasteiger partial charge in [-0.2, -0.15) is 0 Å². The number of rotatable bonds is 1. The monoisotopic (exact) mass is 204 g/mol. The van der Waals surface area contributed by atoms with Crippen molar-refractivity contribution in [2.45, 2.75) is 6.92 Å². The first kappa shape index (κ1) is 9.45. The lowest BCUT2D eigenvalue weighted by Crippen LogP contribution is -1.97. The molecule has 4 nitrogen and oxygen atoms in total. The van der Waals surface area contributed by atoms with Gasteiger partial charge < -0.3 is 15.9 Å². The summed E-state index contributed by atoms with van der Waals surface area (Å²) >= 11 is 0. The third-order valence-corrected chi connectivity index (χ3v) is 2.30. The van der Waals surface area contributed by atoms with Crippen molar-refractivity contribution in [1.82, 2.24) is 4.57 Å². The molecule has 0 unspecified atom stereocenters. The van der Waals surface area contributed by atoms with Crippen LogP contribution in [-0.2, 0) is 0 Å². The van der Waals surface area contributed by atoms with Gasteiger partial charge in [0.2, 0.25) is 0 Å². The van der Waals surface area contributed by atoms with Crippen LogP contribution >= 0.6 is 0 Å². The van der Waals surface area contributed by atoms with Gasteiger partial charge in [0.1, 0.15) is 0 Å². The van der Waals surface area contributed by atoms with Crippen molar-refractivity contribution < 1.29 is 10.2 Å². The van der Waals surface area contributed by atoms with Gasteiger partial charge in [0, 0.05) is 17.8 Å². The molecule has 1 heterocycles. The SMILES string of the molecule is Cc1cc(N)ccc1-n1c(O)ccc1O. The Hall–Kier alpha value is -2.10. The molecule has 0 fully saturated rings. The zero-order valence-corrected chi connectivity index (χ0v) is 8.31. The summed E-state index contributed by atoms with van der Waals surface area (Å²) in [6.07, 6.45) is 0. The molecule has 0 spiro atoms. The summed E-state index contributed by atoms with van der Waals surface area (Å²) in [5, 5.41) is 19.1. The van der Waals surface area contributed by atoms with Gasteiger partial charge in [-0.15, -0.1) is 0 Å². The zero-order valence-electron chi connectivity index (χ0n) is 8.31. The van der Waals surface area contributed by atoms with Crippen molar-refractivity contribution in [3.8, 4) is 17.4 Å². The van der Waals surface area contributed by atoms with Crippen LogP contribution in [0.15, 0.2) is 30.3 Å². The minimum Gasteiger partial charge on any atom is -0.494 e. The summed E-state index contributed by atoms with van der Waals surface area (Å²) in [6, 6.07) is 8.13. The van der Waals surface area contributed by atoms with E-state index in [1.807, 2.05) is 6.92 Å². The van der Waals surface area contributed by atoms with Gasteiger partial charge in [-0.05, 0) is 30.7 Å². The van der Waals surface area contributed by atoms with Crippen LogP contribution in [0.4, 0.5) is 5.69 Å². The average Bonchev–Trinajstić information content (AvgIpc) is 2.48. The van der Waals surface area contributed by atoms with Crippen LogP contribution in [0.25, 0.3) is 5.69 Å². The quantitative estimate of drug-likeness (QED) is 0.620. The number of nitrogen functional groups attached to an aromatic ring is 1. The molecular formula is C11H12N2O2. The molecule has 0 amide bonds. The molecule has 78 valence electrons. The second kappa shape index (κ2) is 3.24. The first-order valence-corrected chi connectivity index (χ1v) is 4.56. The highest BCUT2D eigenvalue weighted by molar-refractivity contribution is 5.54. The van der Waals surface area contributed by atoms with Crippen molar-refractivity contribution in [3.63, 3.8) is 0 Å². The summed E-state index contributed by atoms with van der Waals surface area (Å²) in [6.45, 7) is 1.87. The Morgan fingerprint density at radius 2 is 1.67 bits per heavy atom. The largest absolute Gasteiger partial charge is 0.494 e. The third kappa shape index (κ3) is 1.50. The van der Waals surface area contributed by atoms with E-state index in [9.17, 15) is 10.2 Å². The van der Waals surface area contributed by atoms with Crippen LogP contribution in [0.5, 0.6) is 11.8 Å². The summed E-state index contributed by atoms with van der Waals surface area (Å²) in [5.74, 6) is 0.000688. The van der Waals surface area contributed by atoms with E-state index in [0.29, 0.717) is 11.4 Å². The molecular weight excluding hydrogens is 192 g/mol. The van der Waals surface area contributed by atoms with Gasteiger partial charge in [-0.3, -0.25) is 4.57 Å². The van der Waals surface area contributed by atoms with Crippen molar-refractivity contribution in [1.29, 1.82) is 0 Å². The molecule has 0 bridgehead atoms. The highest BCUT2D eigenvalue weighted by Crippen LogP contribution is 2.29. The van der Waals surface area contributed by atoms with Crippen LogP contribution in [0, 0.1) is 6.92 Å². The minimum atomic E-state index is 0.000344. The molecule has 2 aromatic rings. The summed E-state index contributed by atoms with van der Waals surface area (Å²) in [7, 11) is 0. The van der Waals surface area contributed by atoms with Crippen molar-refractivity contribution in [2.75, 3.05) is 5.73 Å². The second-order valence-electron chi connectivity index (χ2n) is 3.43. The molecule has 2 rings (SSSR count). The molecule has 1 aromatic carbocycles. The smallest absolute Gasteiger partial charge is 0.198 e. The average molecular weight is 204 g/mol. The fourth-order valence-electron chi connectivity index (χ4n) is 1.59. The minimum absolute atomic E-state index is 0.000344. The number of benzene rings is 1. The number of aryl methyl sites for hydroxylation is 1. The van der Waals surface area contributed by atoms with Crippen molar-refractivity contribution >= 4 is 5.69 Å². The highest BCUT2D eigenvalue weighted by atomic mass is 16.3. The van der Waals surface area contributed by atoms with E-state index < -0.39 is 0 Å². The molecule has 0 aliphatic rings. The number of nitrogens with two attached hydrogens (primary N) is 1. The van der Waals surface area contributed by atoms with Crippen LogP contribution in [0.1, 0.15) is 5.56 Å². The molecule has 15 heavy (non-hydrogen) atoms. The fourth-order valence-corrected chi connectivity index (χ4v) is 1.59. The topological polar surface area (TPSA) is 71.4 Å². The first-order chi connectivity index (χ1) is 7.09. The Morgan fingerprint density at radius 3 is 2.20 bits per heavy atom. The highest BCUT2D eigenvalue weighted by Gasteiger charge is 2.09. The van der Waals surface area contributed by atoms with E-state index in [2.05, 4.69) is 0 Å². The van der Waals surface area contributed by atoms with Crippen LogP contribution < -0.4 is 5.73 Å². The predicted octanol–water partition coefficient (Wildman–Crippen LogP) is 1.78. The Kier molecular flexibility index (Phi) is 2.04. The molecule has 4 heteroatoms. The van der Waals surface area contributed by atoms with E-state index in [-0.39, 0.29) is 11.8 Å². The van der Waals surface area contributed by atoms with E-state index in [1.54, 1.807) is 18.2 Å². The molecule has 0 aliphatic carbocycles. The second-order valence-corrected chi connectivity index (χ2v) is 3.43. The van der Waals surface area contributed by atoms with Gasteiger partial charge in [0.05, 0.1) is 5.69 Å². The van der Waals surface area contributed by atoms with E-state index >= 15 is 0 Å². The van der Waals surface area contributed by atoms with Crippen LogP contribution in [-0.4, -0.2) is 14.8 Å². The summed E-state index contributed by atoms with van der Waals surface area (Å²) in [5.41, 5.74) is 7.88. The fraction of sp³-hybridized carbons (Fsp3) is 0.0909. The molecule has 0 aliphatic heterocycles. The summed E-state index contributed by atoms with van der Waals surface area (Å²) in [4.78, 5) is 0. The maximum atomic E-state index is 9.55. The molecule has 0 saturated heterocycles.